The summed E-state index contributed by atoms with van der Waals surface area (Å²) in [7, 11) is 0. The van der Waals surface area contributed by atoms with Crippen LogP contribution >= 0.6 is 12.4 Å². The highest BCUT2D eigenvalue weighted by Crippen LogP contribution is 2.18. The Balaban J connectivity index is 0.00000264. The molecule has 0 aliphatic carbocycles. The van der Waals surface area contributed by atoms with Gasteiger partial charge in [-0.3, -0.25) is 4.79 Å². The van der Waals surface area contributed by atoms with Crippen LogP contribution in [-0.4, -0.2) is 36.5 Å². The van der Waals surface area contributed by atoms with Crippen molar-refractivity contribution in [1.29, 1.82) is 0 Å². The summed E-state index contributed by atoms with van der Waals surface area (Å²) in [6, 6.07) is 8.31. The summed E-state index contributed by atoms with van der Waals surface area (Å²) in [6.45, 7) is 4.18. The monoisotopic (exact) mass is 340 g/mol. The smallest absolute Gasteiger partial charge is 0.222 e. The molecule has 23 heavy (non-hydrogen) atoms. The molecule has 0 radical (unpaired) electrons. The van der Waals surface area contributed by atoms with E-state index in [0.717, 1.165) is 38.0 Å². The molecular formula is C18H29ClN2O2. The van der Waals surface area contributed by atoms with Crippen LogP contribution in [0.1, 0.15) is 44.1 Å². The molecule has 1 amide bonds. The number of nitrogens with zero attached hydrogens (tertiary/aromatic N) is 1. The van der Waals surface area contributed by atoms with E-state index in [1.165, 1.54) is 12.0 Å². The van der Waals surface area contributed by atoms with Crippen LogP contribution in [0.5, 0.6) is 5.75 Å². The number of halogens is 1. The number of benzene rings is 1. The normalized spacial score (nSPS) is 17.5. The summed E-state index contributed by atoms with van der Waals surface area (Å²) < 4.78 is 5.71. The number of carbonyl (C=O) groups is 1. The SMILES string of the molecule is Cc1cccc(OCCCCC(=O)N2CCCCC2CN)c1.Cl. The topological polar surface area (TPSA) is 55.6 Å². The third kappa shape index (κ3) is 6.40. The molecule has 0 saturated carbocycles. The third-order valence-corrected chi connectivity index (χ3v) is 4.26. The molecule has 1 aliphatic rings. The lowest BCUT2D eigenvalue weighted by atomic mass is 10.0. The van der Waals surface area contributed by atoms with Crippen LogP contribution in [0.2, 0.25) is 0 Å². The molecule has 0 bridgehead atoms. The summed E-state index contributed by atoms with van der Waals surface area (Å²) in [6.07, 6.45) is 5.74. The summed E-state index contributed by atoms with van der Waals surface area (Å²) in [4.78, 5) is 14.3. The van der Waals surface area contributed by atoms with Crippen molar-refractivity contribution < 1.29 is 9.53 Å². The number of amides is 1. The van der Waals surface area contributed by atoms with E-state index in [0.29, 0.717) is 19.6 Å². The van der Waals surface area contributed by atoms with Gasteiger partial charge in [-0.25, -0.2) is 0 Å². The molecule has 1 aromatic rings. The van der Waals surface area contributed by atoms with Crippen molar-refractivity contribution in [2.45, 2.75) is 51.5 Å². The number of aryl methyl sites for hydroxylation is 1. The Morgan fingerprint density at radius 3 is 2.91 bits per heavy atom. The summed E-state index contributed by atoms with van der Waals surface area (Å²) in [5.74, 6) is 1.16. The van der Waals surface area contributed by atoms with Gasteiger partial charge in [0.1, 0.15) is 5.75 Å². The quantitative estimate of drug-likeness (QED) is 0.775. The number of carbonyl (C=O) groups excluding carboxylic acids is 1. The molecule has 1 aromatic carbocycles. The van der Waals surface area contributed by atoms with E-state index in [1.54, 1.807) is 0 Å². The van der Waals surface area contributed by atoms with Gasteiger partial charge in [0.05, 0.1) is 6.61 Å². The lowest BCUT2D eigenvalue weighted by Crippen LogP contribution is -2.47. The highest BCUT2D eigenvalue weighted by atomic mass is 35.5. The van der Waals surface area contributed by atoms with E-state index in [-0.39, 0.29) is 24.4 Å². The molecular weight excluding hydrogens is 312 g/mol. The molecule has 130 valence electrons. The van der Waals surface area contributed by atoms with Gasteiger partial charge in [-0.15, -0.1) is 12.4 Å². The first-order valence-corrected chi connectivity index (χ1v) is 8.39. The predicted molar refractivity (Wildman–Crippen MR) is 96.2 cm³/mol. The van der Waals surface area contributed by atoms with Crippen LogP contribution in [0.15, 0.2) is 24.3 Å². The maximum atomic E-state index is 12.3. The maximum Gasteiger partial charge on any atom is 0.222 e. The molecule has 0 aromatic heterocycles. The number of likely N-dealkylation sites (tertiary alicyclic amines) is 1. The first-order chi connectivity index (χ1) is 10.7. The van der Waals surface area contributed by atoms with Crippen LogP contribution in [-0.2, 0) is 4.79 Å². The number of rotatable bonds is 7. The van der Waals surface area contributed by atoms with Crippen LogP contribution < -0.4 is 10.5 Å². The standard InChI is InChI=1S/C18H28N2O2.ClH/c1-15-7-6-9-17(13-15)22-12-5-3-10-18(21)20-11-4-2-8-16(20)14-19;/h6-7,9,13,16H,2-5,8,10-12,14,19H2,1H3;1H. The number of unbranched alkanes of at least 4 members (excludes halogenated alkanes) is 1. The van der Waals surface area contributed by atoms with E-state index < -0.39 is 0 Å². The van der Waals surface area contributed by atoms with Gasteiger partial charge >= 0.3 is 0 Å². The van der Waals surface area contributed by atoms with Gasteiger partial charge in [0, 0.05) is 25.6 Å². The van der Waals surface area contributed by atoms with Crippen molar-refractivity contribution in [3.05, 3.63) is 29.8 Å². The number of nitrogens with two attached hydrogens (primary N) is 1. The largest absolute Gasteiger partial charge is 0.494 e. The van der Waals surface area contributed by atoms with Crippen molar-refractivity contribution in [3.63, 3.8) is 0 Å². The Morgan fingerprint density at radius 1 is 1.35 bits per heavy atom. The first kappa shape index (κ1) is 19.8. The minimum atomic E-state index is 0. The highest BCUT2D eigenvalue weighted by Gasteiger charge is 2.24. The number of piperidine rings is 1. The average Bonchev–Trinajstić information content (AvgIpc) is 2.54. The van der Waals surface area contributed by atoms with Gasteiger partial charge in [0.15, 0.2) is 0 Å². The summed E-state index contributed by atoms with van der Waals surface area (Å²) in [5.41, 5.74) is 6.97. The Hall–Kier alpha value is -1.26. The van der Waals surface area contributed by atoms with Gasteiger partial charge in [-0.1, -0.05) is 12.1 Å². The molecule has 2 rings (SSSR count). The zero-order chi connectivity index (χ0) is 15.8. The Kier molecular flexibility index (Phi) is 9.03. The third-order valence-electron chi connectivity index (χ3n) is 4.26. The maximum absolute atomic E-state index is 12.3. The van der Waals surface area contributed by atoms with Gasteiger partial charge in [-0.05, 0) is 56.7 Å². The predicted octanol–water partition coefficient (Wildman–Crippen LogP) is 3.31. The van der Waals surface area contributed by atoms with E-state index >= 15 is 0 Å². The molecule has 1 fully saturated rings. The number of ether oxygens (including phenoxy) is 1. The fourth-order valence-corrected chi connectivity index (χ4v) is 2.99. The van der Waals surface area contributed by atoms with Crippen molar-refractivity contribution in [2.24, 2.45) is 5.73 Å². The molecule has 0 spiro atoms. The first-order valence-electron chi connectivity index (χ1n) is 8.39. The second-order valence-electron chi connectivity index (χ2n) is 6.09. The minimum Gasteiger partial charge on any atom is -0.494 e. The molecule has 5 heteroatoms. The zero-order valence-corrected chi connectivity index (χ0v) is 14.8. The molecule has 1 saturated heterocycles. The van der Waals surface area contributed by atoms with Crippen molar-refractivity contribution >= 4 is 18.3 Å². The van der Waals surface area contributed by atoms with Gasteiger partial charge in [-0.2, -0.15) is 0 Å². The Bertz CT molecular complexity index is 482. The van der Waals surface area contributed by atoms with Gasteiger partial charge in [0.25, 0.3) is 0 Å². The van der Waals surface area contributed by atoms with Crippen LogP contribution in [0.4, 0.5) is 0 Å². The Labute approximate surface area is 145 Å². The van der Waals surface area contributed by atoms with E-state index in [9.17, 15) is 4.79 Å². The van der Waals surface area contributed by atoms with Crippen molar-refractivity contribution in [3.8, 4) is 5.75 Å². The average molecular weight is 341 g/mol. The molecule has 1 aliphatic heterocycles. The minimum absolute atomic E-state index is 0. The lowest BCUT2D eigenvalue weighted by Gasteiger charge is -2.35. The lowest BCUT2D eigenvalue weighted by molar-refractivity contribution is -0.134. The number of hydrogen-bond acceptors (Lipinski definition) is 3. The van der Waals surface area contributed by atoms with Crippen LogP contribution in [0.3, 0.4) is 0 Å². The summed E-state index contributed by atoms with van der Waals surface area (Å²) >= 11 is 0. The van der Waals surface area contributed by atoms with E-state index in [2.05, 4.69) is 13.0 Å². The van der Waals surface area contributed by atoms with Crippen molar-refractivity contribution in [1.82, 2.24) is 4.90 Å². The fraction of sp³-hybridized carbons (Fsp3) is 0.611. The van der Waals surface area contributed by atoms with E-state index in [4.69, 9.17) is 10.5 Å². The molecule has 1 atom stereocenters. The fourth-order valence-electron chi connectivity index (χ4n) is 2.99. The molecule has 4 nitrogen and oxygen atoms in total. The molecule has 2 N–H and O–H groups in total. The highest BCUT2D eigenvalue weighted by molar-refractivity contribution is 5.85. The van der Waals surface area contributed by atoms with Gasteiger partial charge in [0.2, 0.25) is 5.91 Å². The number of hydrogen-bond donors (Lipinski definition) is 1. The van der Waals surface area contributed by atoms with Crippen LogP contribution in [0.25, 0.3) is 0 Å². The second kappa shape index (κ2) is 10.5. The van der Waals surface area contributed by atoms with E-state index in [1.807, 2.05) is 23.1 Å². The second-order valence-corrected chi connectivity index (χ2v) is 6.09. The Morgan fingerprint density at radius 2 is 2.17 bits per heavy atom. The summed E-state index contributed by atoms with van der Waals surface area (Å²) in [5, 5.41) is 0. The zero-order valence-electron chi connectivity index (χ0n) is 14.0. The van der Waals surface area contributed by atoms with Crippen LogP contribution in [0, 0.1) is 6.92 Å². The van der Waals surface area contributed by atoms with Gasteiger partial charge < -0.3 is 15.4 Å². The molecule has 1 unspecified atom stereocenters. The molecule has 1 heterocycles. The van der Waals surface area contributed by atoms with Crippen molar-refractivity contribution in [2.75, 3.05) is 19.7 Å².